The number of sulfonamides is 1. The minimum atomic E-state index is -4.20. The topological polar surface area (TPSA) is 114 Å². The average molecular weight is 467 g/mol. The second-order valence-corrected chi connectivity index (χ2v) is 9.05. The summed E-state index contributed by atoms with van der Waals surface area (Å²) in [5, 5.41) is 10.5. The number of nitrogens with one attached hydrogen (secondary N) is 1. The molecule has 2 aromatic carbocycles. The van der Waals surface area contributed by atoms with Crippen LogP contribution in [0.5, 0.6) is 5.75 Å². The number of hydrazine groups is 1. The van der Waals surface area contributed by atoms with E-state index in [1.54, 1.807) is 12.1 Å². The monoisotopic (exact) mass is 466 g/mol. The van der Waals surface area contributed by atoms with Gasteiger partial charge in [0.15, 0.2) is 0 Å². The molecule has 2 N–H and O–H groups in total. The Morgan fingerprint density at radius 2 is 1.87 bits per heavy atom. The van der Waals surface area contributed by atoms with Gasteiger partial charge in [0.2, 0.25) is 0 Å². The molecule has 1 aliphatic carbocycles. The fraction of sp³-hybridized carbons (Fsp3) is 0.250. The molecule has 11 heteroatoms. The lowest BCUT2D eigenvalue weighted by Gasteiger charge is -2.17. The summed E-state index contributed by atoms with van der Waals surface area (Å²) in [7, 11) is -4.20. The molecule has 164 valence electrons. The number of ether oxygens (including phenoxy) is 3. The lowest BCUT2D eigenvalue weighted by atomic mass is 10.2. The summed E-state index contributed by atoms with van der Waals surface area (Å²) < 4.78 is 41.2. The molecule has 2 aliphatic rings. The van der Waals surface area contributed by atoms with Gasteiger partial charge in [0.25, 0.3) is 15.9 Å². The smallest absolute Gasteiger partial charge is 0.289 e. The molecule has 9 nitrogen and oxygen atoms in total. The number of rotatable bonds is 7. The molecular formula is C20H19ClN2O7S. The van der Waals surface area contributed by atoms with Gasteiger partial charge in [0.1, 0.15) is 25.3 Å². The summed E-state index contributed by atoms with van der Waals surface area (Å²) >= 11 is 5.84. The highest BCUT2D eigenvalue weighted by molar-refractivity contribution is 7.89. The molecule has 0 saturated carbocycles. The fourth-order valence-electron chi connectivity index (χ4n) is 3.19. The second-order valence-electron chi connectivity index (χ2n) is 6.95. The lowest BCUT2D eigenvalue weighted by Crippen LogP contribution is -2.44. The van der Waals surface area contributed by atoms with Crippen LogP contribution in [0.3, 0.4) is 0 Å². The Bertz CT molecular complexity index is 1090. The highest BCUT2D eigenvalue weighted by Crippen LogP contribution is 2.29. The third kappa shape index (κ3) is 5.06. The Hall–Kier alpha value is -2.47. The first-order valence-corrected chi connectivity index (χ1v) is 11.1. The number of hydrogen-bond donors (Lipinski definition) is 2. The van der Waals surface area contributed by atoms with Gasteiger partial charge < -0.3 is 14.2 Å². The number of nitrogens with zero attached hydrogens (tertiary/aromatic N) is 1. The third-order valence-corrected chi connectivity index (χ3v) is 6.38. The molecule has 1 aliphatic heterocycles. The number of benzene rings is 2. The standard InChI is InChI=1S/C20H19ClN2O7S/c21-15-3-1-13(2-4-15)11-28-16-5-7-17(8-6-16)31(26,27)22-23(25)20(24)14-9-18-19(10-14)30-12-29-18/h1-9,18-19,22,25H,10-12H2. The van der Waals surface area contributed by atoms with Gasteiger partial charge in [-0.15, -0.1) is 5.17 Å². The van der Waals surface area contributed by atoms with E-state index >= 15 is 0 Å². The largest absolute Gasteiger partial charge is 0.489 e. The van der Waals surface area contributed by atoms with Crippen LogP contribution in [0.15, 0.2) is 65.1 Å². The van der Waals surface area contributed by atoms with Crippen LogP contribution in [0.4, 0.5) is 0 Å². The Balaban J connectivity index is 1.35. The van der Waals surface area contributed by atoms with E-state index < -0.39 is 15.9 Å². The maximum Gasteiger partial charge on any atom is 0.289 e. The zero-order chi connectivity index (χ0) is 22.0. The van der Waals surface area contributed by atoms with Crippen molar-refractivity contribution in [3.8, 4) is 5.75 Å². The molecule has 1 amide bonds. The van der Waals surface area contributed by atoms with Crippen LogP contribution in [0.1, 0.15) is 12.0 Å². The molecule has 0 spiro atoms. The Labute approximate surface area is 183 Å². The average Bonchev–Trinajstić information content (AvgIpc) is 3.35. The van der Waals surface area contributed by atoms with Crippen molar-refractivity contribution in [2.75, 3.05) is 6.79 Å². The van der Waals surface area contributed by atoms with Crippen LogP contribution in [0.2, 0.25) is 5.02 Å². The molecular weight excluding hydrogens is 448 g/mol. The molecule has 0 bridgehead atoms. The number of halogens is 1. The molecule has 2 unspecified atom stereocenters. The number of fused-ring (bicyclic) bond motifs is 1. The van der Waals surface area contributed by atoms with Crippen molar-refractivity contribution in [3.63, 3.8) is 0 Å². The summed E-state index contributed by atoms with van der Waals surface area (Å²) in [5.74, 6) is -0.443. The maximum atomic E-state index is 12.5. The van der Waals surface area contributed by atoms with Crippen molar-refractivity contribution < 1.29 is 32.6 Å². The summed E-state index contributed by atoms with van der Waals surface area (Å²) in [4.78, 5) is 14.0. The van der Waals surface area contributed by atoms with Crippen molar-refractivity contribution in [2.45, 2.75) is 30.1 Å². The first-order valence-electron chi connectivity index (χ1n) is 9.29. The number of carbonyl (C=O) groups is 1. The van der Waals surface area contributed by atoms with E-state index in [0.717, 1.165) is 5.56 Å². The molecule has 0 aromatic heterocycles. The Morgan fingerprint density at radius 3 is 2.55 bits per heavy atom. The van der Waals surface area contributed by atoms with Crippen molar-refractivity contribution in [3.05, 3.63) is 70.8 Å². The van der Waals surface area contributed by atoms with E-state index in [1.165, 1.54) is 30.3 Å². The van der Waals surface area contributed by atoms with E-state index in [0.29, 0.717) is 10.8 Å². The molecule has 1 saturated heterocycles. The normalized spacial score (nSPS) is 20.3. The van der Waals surface area contributed by atoms with Gasteiger partial charge in [-0.05, 0) is 48.0 Å². The van der Waals surface area contributed by atoms with E-state index in [-0.39, 0.29) is 47.7 Å². The highest BCUT2D eigenvalue weighted by Gasteiger charge is 2.38. The summed E-state index contributed by atoms with van der Waals surface area (Å²) in [6.45, 7) is 0.424. The van der Waals surface area contributed by atoms with E-state index in [9.17, 15) is 18.4 Å². The van der Waals surface area contributed by atoms with Gasteiger partial charge in [-0.1, -0.05) is 28.6 Å². The van der Waals surface area contributed by atoms with Gasteiger partial charge in [0, 0.05) is 17.0 Å². The minimum Gasteiger partial charge on any atom is -0.489 e. The SMILES string of the molecule is O=C(C1=CC2OCOC2C1)N(O)NS(=O)(=O)c1ccc(OCc2ccc(Cl)cc2)cc1. The van der Waals surface area contributed by atoms with Crippen LogP contribution in [0, 0.1) is 0 Å². The van der Waals surface area contributed by atoms with Crippen LogP contribution in [-0.2, 0) is 30.9 Å². The van der Waals surface area contributed by atoms with Crippen LogP contribution in [0.25, 0.3) is 0 Å². The third-order valence-electron chi connectivity index (χ3n) is 4.82. The van der Waals surface area contributed by atoms with Crippen molar-refractivity contribution >= 4 is 27.5 Å². The molecule has 2 atom stereocenters. The number of hydroxylamine groups is 1. The van der Waals surface area contributed by atoms with Crippen molar-refractivity contribution in [1.29, 1.82) is 0 Å². The minimum absolute atomic E-state index is 0.0485. The molecule has 1 heterocycles. The van der Waals surface area contributed by atoms with E-state index in [4.69, 9.17) is 25.8 Å². The first kappa shape index (κ1) is 21.8. The Morgan fingerprint density at radius 1 is 1.16 bits per heavy atom. The summed E-state index contributed by atoms with van der Waals surface area (Å²) in [5.41, 5.74) is 1.10. The van der Waals surface area contributed by atoms with Gasteiger partial charge in [0.05, 0.1) is 11.0 Å². The van der Waals surface area contributed by atoms with Crippen LogP contribution >= 0.6 is 11.6 Å². The van der Waals surface area contributed by atoms with Gasteiger partial charge >= 0.3 is 0 Å². The molecule has 4 rings (SSSR count). The first-order chi connectivity index (χ1) is 14.8. The Kier molecular flexibility index (Phi) is 6.28. The van der Waals surface area contributed by atoms with Crippen LogP contribution < -0.4 is 9.57 Å². The zero-order valence-corrected chi connectivity index (χ0v) is 17.7. The quantitative estimate of drug-likeness (QED) is 0.475. The molecule has 2 aromatic rings. The van der Waals surface area contributed by atoms with E-state index in [2.05, 4.69) is 0 Å². The van der Waals surface area contributed by atoms with Gasteiger partial charge in [-0.2, -0.15) is 0 Å². The predicted molar refractivity (Wildman–Crippen MR) is 108 cm³/mol. The molecule has 31 heavy (non-hydrogen) atoms. The molecule has 1 fully saturated rings. The lowest BCUT2D eigenvalue weighted by molar-refractivity contribution is -0.167. The van der Waals surface area contributed by atoms with E-state index in [1.807, 2.05) is 17.0 Å². The number of amides is 1. The fourth-order valence-corrected chi connectivity index (χ4v) is 4.22. The molecule has 0 radical (unpaired) electrons. The maximum absolute atomic E-state index is 12.5. The number of carbonyl (C=O) groups excluding carboxylic acids is 1. The van der Waals surface area contributed by atoms with Crippen LogP contribution in [-0.4, -0.2) is 43.7 Å². The zero-order valence-electron chi connectivity index (χ0n) is 16.1. The predicted octanol–water partition coefficient (Wildman–Crippen LogP) is 2.40. The summed E-state index contributed by atoms with van der Waals surface area (Å²) in [6, 6.07) is 12.7. The number of hydrogen-bond acceptors (Lipinski definition) is 7. The van der Waals surface area contributed by atoms with Crippen molar-refractivity contribution in [2.24, 2.45) is 0 Å². The van der Waals surface area contributed by atoms with Crippen molar-refractivity contribution in [1.82, 2.24) is 10.0 Å². The van der Waals surface area contributed by atoms with Gasteiger partial charge in [-0.25, -0.2) is 8.42 Å². The highest BCUT2D eigenvalue weighted by atomic mass is 35.5. The summed E-state index contributed by atoms with van der Waals surface area (Å²) in [6.07, 6.45) is 1.07. The second kappa shape index (κ2) is 8.95. The van der Waals surface area contributed by atoms with Gasteiger partial charge in [-0.3, -0.25) is 10.0 Å².